The number of esters is 1. The van der Waals surface area contributed by atoms with Crippen LogP contribution in [0.2, 0.25) is 5.15 Å². The topological polar surface area (TPSA) is 76.5 Å². The summed E-state index contributed by atoms with van der Waals surface area (Å²) < 4.78 is 5.29. The smallest absolute Gasteiger partial charge is 0.338 e. The number of rotatable bonds is 11. The van der Waals surface area contributed by atoms with Gasteiger partial charge in [0.2, 0.25) is 0 Å². The Labute approximate surface area is 182 Å². The number of benzene rings is 1. The van der Waals surface area contributed by atoms with Crippen molar-refractivity contribution in [3.8, 4) is 0 Å². The summed E-state index contributed by atoms with van der Waals surface area (Å²) in [6, 6.07) is 10.6. The minimum absolute atomic E-state index is 0.285. The molecule has 2 atom stereocenters. The van der Waals surface area contributed by atoms with E-state index < -0.39 is 5.97 Å². The summed E-state index contributed by atoms with van der Waals surface area (Å²) in [6.45, 7) is 2.49. The summed E-state index contributed by atoms with van der Waals surface area (Å²) in [5.74, 6) is -0.412. The average molecular weight is 430 g/mol. The highest BCUT2D eigenvalue weighted by Gasteiger charge is 2.40. The summed E-state index contributed by atoms with van der Waals surface area (Å²) in [4.78, 5) is 28.2. The molecule has 1 N–H and O–H groups in total. The van der Waals surface area contributed by atoms with Crippen LogP contribution in [0.4, 0.5) is 0 Å². The number of ether oxygens (including phenoxy) is 1. The number of unbranched alkanes of at least 4 members (excludes halogenated alkanes) is 2. The Morgan fingerprint density at radius 1 is 1.20 bits per heavy atom. The highest BCUT2D eigenvalue weighted by atomic mass is 35.5. The predicted octanol–water partition coefficient (Wildman–Crippen LogP) is 5.91. The molecule has 1 aromatic heterocycles. The molecule has 0 bridgehead atoms. The molecule has 0 radical (unpaired) electrons. The summed E-state index contributed by atoms with van der Waals surface area (Å²) in [5.41, 5.74) is 2.28. The van der Waals surface area contributed by atoms with Crippen molar-refractivity contribution < 1.29 is 19.4 Å². The zero-order chi connectivity index (χ0) is 21.5. The summed E-state index contributed by atoms with van der Waals surface area (Å²) in [6.07, 6.45) is 6.08. The summed E-state index contributed by atoms with van der Waals surface area (Å²) >= 11 is 6.22. The van der Waals surface area contributed by atoms with Crippen molar-refractivity contribution in [3.63, 3.8) is 0 Å². The van der Waals surface area contributed by atoms with Crippen LogP contribution < -0.4 is 0 Å². The number of carbonyl (C=O) groups is 2. The fraction of sp³-hybridized carbons (Fsp3) is 0.458. The first-order valence-corrected chi connectivity index (χ1v) is 11.0. The van der Waals surface area contributed by atoms with E-state index in [0.29, 0.717) is 40.9 Å². The Balaban J connectivity index is 1.52. The molecule has 5 nitrogen and oxygen atoms in total. The van der Waals surface area contributed by atoms with E-state index in [1.54, 1.807) is 30.3 Å². The van der Waals surface area contributed by atoms with Crippen LogP contribution in [0.15, 0.2) is 36.4 Å². The van der Waals surface area contributed by atoms with Gasteiger partial charge in [-0.3, -0.25) is 0 Å². The zero-order valence-electron chi connectivity index (χ0n) is 17.3. The second kappa shape index (κ2) is 10.6. The van der Waals surface area contributed by atoms with E-state index in [9.17, 15) is 14.7 Å². The van der Waals surface area contributed by atoms with Crippen LogP contribution in [-0.4, -0.2) is 28.6 Å². The fourth-order valence-electron chi connectivity index (χ4n) is 4.02. The van der Waals surface area contributed by atoms with Gasteiger partial charge in [-0.25, -0.2) is 14.6 Å². The van der Waals surface area contributed by atoms with Crippen molar-refractivity contribution in [1.29, 1.82) is 0 Å². The predicted molar refractivity (Wildman–Crippen MR) is 116 cm³/mol. The van der Waals surface area contributed by atoms with E-state index in [1.165, 1.54) is 0 Å². The average Bonchev–Trinajstić information content (AvgIpc) is 3.49. The lowest BCUT2D eigenvalue weighted by Crippen LogP contribution is -2.10. The van der Waals surface area contributed by atoms with Crippen LogP contribution in [0.5, 0.6) is 0 Å². The van der Waals surface area contributed by atoms with E-state index in [0.717, 1.165) is 44.1 Å². The lowest BCUT2D eigenvalue weighted by Gasteiger charge is -2.12. The molecule has 0 saturated heterocycles. The highest BCUT2D eigenvalue weighted by molar-refractivity contribution is 6.29. The Hall–Kier alpha value is -2.40. The monoisotopic (exact) mass is 429 g/mol. The van der Waals surface area contributed by atoms with Crippen LogP contribution in [0, 0.1) is 5.92 Å². The van der Waals surface area contributed by atoms with E-state index in [1.807, 2.05) is 6.07 Å². The van der Waals surface area contributed by atoms with Crippen molar-refractivity contribution in [1.82, 2.24) is 4.98 Å². The number of nitrogens with zero attached hydrogens (tertiary/aromatic N) is 1. The van der Waals surface area contributed by atoms with Crippen molar-refractivity contribution in [2.45, 2.75) is 57.8 Å². The molecule has 1 fully saturated rings. The first kappa shape index (κ1) is 22.3. The molecule has 1 aromatic carbocycles. The maximum Gasteiger partial charge on any atom is 0.338 e. The fourth-order valence-corrected chi connectivity index (χ4v) is 4.24. The Kier molecular flexibility index (Phi) is 7.86. The van der Waals surface area contributed by atoms with Gasteiger partial charge >= 0.3 is 11.9 Å². The van der Waals surface area contributed by atoms with Crippen LogP contribution in [0.3, 0.4) is 0 Å². The highest BCUT2D eigenvalue weighted by Crippen LogP contribution is 2.51. The number of carbonyl (C=O) groups excluding carboxylic acids is 1. The first-order valence-electron chi connectivity index (χ1n) is 10.7. The first-order chi connectivity index (χ1) is 14.5. The third kappa shape index (κ3) is 5.82. The van der Waals surface area contributed by atoms with Crippen LogP contribution in [-0.2, 0) is 11.2 Å². The molecule has 3 rings (SSSR count). The summed E-state index contributed by atoms with van der Waals surface area (Å²) in [5, 5.41) is 10.2. The SMILES string of the molecule is CCCC1CC1c1cc(Cl)nc(CCCCCOC(=O)c2ccccc2)c1C(=O)O. The van der Waals surface area contributed by atoms with Gasteiger partial charge < -0.3 is 9.84 Å². The van der Waals surface area contributed by atoms with Gasteiger partial charge in [0.25, 0.3) is 0 Å². The van der Waals surface area contributed by atoms with Crippen LogP contribution in [0.25, 0.3) is 0 Å². The Morgan fingerprint density at radius 3 is 2.67 bits per heavy atom. The van der Waals surface area contributed by atoms with Gasteiger partial charge in [0.1, 0.15) is 5.15 Å². The van der Waals surface area contributed by atoms with E-state index in [-0.39, 0.29) is 11.9 Å². The normalized spacial score (nSPS) is 17.5. The molecule has 1 aliphatic rings. The lowest BCUT2D eigenvalue weighted by molar-refractivity contribution is 0.0497. The number of halogens is 1. The molecule has 0 aliphatic heterocycles. The second-order valence-corrected chi connectivity index (χ2v) is 8.25. The van der Waals surface area contributed by atoms with Gasteiger partial charge in [0, 0.05) is 0 Å². The minimum Gasteiger partial charge on any atom is -0.478 e. The molecule has 160 valence electrons. The Morgan fingerprint density at radius 2 is 1.97 bits per heavy atom. The lowest BCUT2D eigenvalue weighted by atomic mass is 9.97. The van der Waals surface area contributed by atoms with Crippen molar-refractivity contribution in [3.05, 3.63) is 63.9 Å². The molecule has 30 heavy (non-hydrogen) atoms. The molecule has 1 heterocycles. The van der Waals surface area contributed by atoms with E-state index >= 15 is 0 Å². The molecular formula is C24H28ClNO4. The standard InChI is InChI=1S/C24H28ClNO4/c1-2-9-17-14-18(17)19-15-21(25)26-20(22(19)23(27)28)12-7-4-8-13-30-24(29)16-10-5-3-6-11-16/h3,5-6,10-11,15,17-18H,2,4,7-9,12-14H2,1H3,(H,27,28). The number of pyridine rings is 1. The molecule has 2 aromatic rings. The number of hydrogen-bond donors (Lipinski definition) is 1. The number of hydrogen-bond acceptors (Lipinski definition) is 4. The van der Waals surface area contributed by atoms with Gasteiger partial charge in [0.15, 0.2) is 0 Å². The quantitative estimate of drug-likeness (QED) is 0.273. The van der Waals surface area contributed by atoms with Gasteiger partial charge in [-0.2, -0.15) is 0 Å². The zero-order valence-corrected chi connectivity index (χ0v) is 18.0. The number of aryl methyl sites for hydroxylation is 1. The number of aromatic nitrogens is 1. The van der Waals surface area contributed by atoms with Gasteiger partial charge in [0.05, 0.1) is 23.4 Å². The van der Waals surface area contributed by atoms with Gasteiger partial charge in [-0.1, -0.05) is 49.6 Å². The molecular weight excluding hydrogens is 402 g/mol. The van der Waals surface area contributed by atoms with Gasteiger partial charge in [-0.05, 0) is 67.7 Å². The molecule has 2 unspecified atom stereocenters. The maximum atomic E-state index is 12.0. The third-order valence-electron chi connectivity index (χ3n) is 5.59. The minimum atomic E-state index is -0.928. The maximum absolute atomic E-state index is 12.0. The van der Waals surface area contributed by atoms with Gasteiger partial charge in [-0.15, -0.1) is 0 Å². The molecule has 6 heteroatoms. The van der Waals surface area contributed by atoms with Crippen LogP contribution in [0.1, 0.15) is 83.3 Å². The van der Waals surface area contributed by atoms with Crippen molar-refractivity contribution in [2.24, 2.45) is 5.92 Å². The number of aromatic carboxylic acids is 1. The third-order valence-corrected chi connectivity index (χ3v) is 5.78. The molecule has 0 amide bonds. The number of carboxylic acids is 1. The van der Waals surface area contributed by atoms with Crippen LogP contribution >= 0.6 is 11.6 Å². The largest absolute Gasteiger partial charge is 0.478 e. The summed E-state index contributed by atoms with van der Waals surface area (Å²) in [7, 11) is 0. The Bertz CT molecular complexity index is 884. The van der Waals surface area contributed by atoms with Crippen molar-refractivity contribution >= 4 is 23.5 Å². The van der Waals surface area contributed by atoms with Crippen molar-refractivity contribution in [2.75, 3.05) is 6.61 Å². The number of carboxylic acid groups (broad SMARTS) is 1. The molecule has 1 aliphatic carbocycles. The second-order valence-electron chi connectivity index (χ2n) is 7.86. The van der Waals surface area contributed by atoms with E-state index in [2.05, 4.69) is 11.9 Å². The molecule has 0 spiro atoms. The van der Waals surface area contributed by atoms with E-state index in [4.69, 9.17) is 16.3 Å². The molecule has 1 saturated carbocycles.